The van der Waals surface area contributed by atoms with E-state index in [1.165, 1.54) is 0 Å². The second-order valence-corrected chi connectivity index (χ2v) is 6.03. The highest BCUT2D eigenvalue weighted by Crippen LogP contribution is 2.22. The number of nitrogens with zero attached hydrogens (tertiary/aromatic N) is 1. The Hall–Kier alpha value is -0.810. The summed E-state index contributed by atoms with van der Waals surface area (Å²) < 4.78 is 4.88. The van der Waals surface area contributed by atoms with Gasteiger partial charge in [-0.15, -0.1) is 0 Å². The normalized spacial score (nSPS) is 16.2. The summed E-state index contributed by atoms with van der Waals surface area (Å²) in [5.74, 6) is 0.0698. The summed E-state index contributed by atoms with van der Waals surface area (Å²) in [4.78, 5) is 13.6. The van der Waals surface area contributed by atoms with Gasteiger partial charge in [0.05, 0.1) is 10.0 Å². The van der Waals surface area contributed by atoms with Crippen LogP contribution in [0.25, 0.3) is 0 Å². The summed E-state index contributed by atoms with van der Waals surface area (Å²) in [5.41, 5.74) is 1.11. The van der Waals surface area contributed by atoms with E-state index >= 15 is 0 Å². The van der Waals surface area contributed by atoms with Crippen molar-refractivity contribution in [1.29, 1.82) is 0 Å². The second kappa shape index (κ2) is 7.99. The van der Waals surface area contributed by atoms with Crippen molar-refractivity contribution in [1.82, 2.24) is 10.2 Å². The summed E-state index contributed by atoms with van der Waals surface area (Å²) >= 11 is 11.9. The maximum absolute atomic E-state index is 11.7. The predicted octanol–water partition coefficient (Wildman–Crippen LogP) is 2.72. The fourth-order valence-electron chi connectivity index (χ4n) is 2.46. The number of amides is 1. The Morgan fingerprint density at radius 2 is 2.05 bits per heavy atom. The number of nitrogens with one attached hydrogen (secondary N) is 1. The number of likely N-dealkylation sites (tertiary alicyclic amines) is 1. The smallest absolute Gasteiger partial charge is 0.248 e. The zero-order valence-corrected chi connectivity index (χ0v) is 13.6. The van der Waals surface area contributed by atoms with Gasteiger partial charge >= 0.3 is 0 Å². The van der Waals surface area contributed by atoms with Crippen molar-refractivity contribution in [3.63, 3.8) is 0 Å². The lowest BCUT2D eigenvalue weighted by Crippen LogP contribution is -2.45. The van der Waals surface area contributed by atoms with E-state index < -0.39 is 0 Å². The number of piperidine rings is 1. The summed E-state index contributed by atoms with van der Waals surface area (Å²) in [6, 6.07) is 6.09. The molecule has 1 fully saturated rings. The molecule has 1 aliphatic rings. The number of methoxy groups -OCH3 is 1. The summed E-state index contributed by atoms with van der Waals surface area (Å²) in [5, 5.41) is 4.66. The predicted molar refractivity (Wildman–Crippen MR) is 84.8 cm³/mol. The number of carbonyl (C=O) groups excluding carboxylic acids is 1. The molecule has 0 bridgehead atoms. The molecule has 0 aromatic heterocycles. The highest BCUT2D eigenvalue weighted by Gasteiger charge is 2.22. The number of ether oxygens (including phenoxy) is 1. The van der Waals surface area contributed by atoms with Crippen molar-refractivity contribution < 1.29 is 9.53 Å². The SMILES string of the molecule is COCC(=O)N1CCC(NCc2ccc(Cl)c(Cl)c2)CC1. The number of hydrogen-bond acceptors (Lipinski definition) is 3. The van der Waals surface area contributed by atoms with E-state index in [-0.39, 0.29) is 12.5 Å². The zero-order valence-electron chi connectivity index (χ0n) is 12.1. The van der Waals surface area contributed by atoms with E-state index in [0.29, 0.717) is 16.1 Å². The van der Waals surface area contributed by atoms with E-state index in [2.05, 4.69) is 5.32 Å². The minimum absolute atomic E-state index is 0.0698. The molecule has 0 radical (unpaired) electrons. The monoisotopic (exact) mass is 330 g/mol. The lowest BCUT2D eigenvalue weighted by atomic mass is 10.0. The molecule has 21 heavy (non-hydrogen) atoms. The molecule has 2 rings (SSSR count). The first kappa shape index (κ1) is 16.6. The van der Waals surface area contributed by atoms with Crippen molar-refractivity contribution >= 4 is 29.1 Å². The van der Waals surface area contributed by atoms with E-state index in [1.54, 1.807) is 7.11 Å². The van der Waals surface area contributed by atoms with Crippen LogP contribution in [-0.2, 0) is 16.1 Å². The largest absolute Gasteiger partial charge is 0.375 e. The molecule has 1 N–H and O–H groups in total. The average molecular weight is 331 g/mol. The Morgan fingerprint density at radius 1 is 1.33 bits per heavy atom. The number of carbonyl (C=O) groups is 1. The van der Waals surface area contributed by atoms with E-state index in [0.717, 1.165) is 38.0 Å². The quantitative estimate of drug-likeness (QED) is 0.902. The van der Waals surface area contributed by atoms with Gasteiger partial charge in [-0.2, -0.15) is 0 Å². The highest BCUT2D eigenvalue weighted by atomic mass is 35.5. The van der Waals surface area contributed by atoms with Crippen molar-refractivity contribution in [3.05, 3.63) is 33.8 Å². The average Bonchev–Trinajstić information content (AvgIpc) is 2.49. The molecular weight excluding hydrogens is 311 g/mol. The minimum Gasteiger partial charge on any atom is -0.375 e. The molecule has 1 heterocycles. The maximum atomic E-state index is 11.7. The van der Waals surface area contributed by atoms with Crippen LogP contribution in [0.2, 0.25) is 10.0 Å². The van der Waals surface area contributed by atoms with Crippen LogP contribution >= 0.6 is 23.2 Å². The van der Waals surface area contributed by atoms with Gasteiger partial charge in [0, 0.05) is 32.8 Å². The van der Waals surface area contributed by atoms with Crippen molar-refractivity contribution in [3.8, 4) is 0 Å². The molecular formula is C15H20Cl2N2O2. The van der Waals surface area contributed by atoms with Gasteiger partial charge in [-0.1, -0.05) is 29.3 Å². The van der Waals surface area contributed by atoms with Crippen molar-refractivity contribution in [2.45, 2.75) is 25.4 Å². The summed E-state index contributed by atoms with van der Waals surface area (Å²) in [6.45, 7) is 2.48. The van der Waals surface area contributed by atoms with E-state index in [4.69, 9.17) is 27.9 Å². The van der Waals surface area contributed by atoms with Gasteiger partial charge in [0.15, 0.2) is 0 Å². The number of rotatable bonds is 5. The number of halogens is 2. The molecule has 0 saturated carbocycles. The van der Waals surface area contributed by atoms with Crippen molar-refractivity contribution in [2.24, 2.45) is 0 Å². The lowest BCUT2D eigenvalue weighted by Gasteiger charge is -2.32. The van der Waals surface area contributed by atoms with Crippen LogP contribution in [0.4, 0.5) is 0 Å². The first-order chi connectivity index (χ1) is 10.1. The van der Waals surface area contributed by atoms with Gasteiger partial charge in [-0.25, -0.2) is 0 Å². The minimum atomic E-state index is 0.0698. The standard InChI is InChI=1S/C15H20Cl2N2O2/c1-21-10-15(20)19-6-4-12(5-7-19)18-9-11-2-3-13(16)14(17)8-11/h2-3,8,12,18H,4-7,9-10H2,1H3. The highest BCUT2D eigenvalue weighted by molar-refractivity contribution is 6.42. The van der Waals surface area contributed by atoms with Gasteiger partial charge in [-0.3, -0.25) is 4.79 Å². The fourth-order valence-corrected chi connectivity index (χ4v) is 2.78. The van der Waals surface area contributed by atoms with Crippen LogP contribution in [-0.4, -0.2) is 43.7 Å². The van der Waals surface area contributed by atoms with Gasteiger partial charge in [0.25, 0.3) is 0 Å². The van der Waals surface area contributed by atoms with Crippen LogP contribution in [0.5, 0.6) is 0 Å². The fraction of sp³-hybridized carbons (Fsp3) is 0.533. The molecule has 1 aromatic carbocycles. The molecule has 0 aliphatic carbocycles. The molecule has 1 aliphatic heterocycles. The van der Waals surface area contributed by atoms with Crippen LogP contribution in [0.1, 0.15) is 18.4 Å². The first-order valence-corrected chi connectivity index (χ1v) is 7.79. The third kappa shape index (κ3) is 4.85. The molecule has 1 aromatic rings. The van der Waals surface area contributed by atoms with Gasteiger partial charge < -0.3 is 15.0 Å². The summed E-state index contributed by atoms with van der Waals surface area (Å²) in [6.07, 6.45) is 1.91. The van der Waals surface area contributed by atoms with Crippen LogP contribution in [0.3, 0.4) is 0 Å². The molecule has 0 spiro atoms. The Morgan fingerprint density at radius 3 is 2.67 bits per heavy atom. The molecule has 0 unspecified atom stereocenters. The molecule has 0 atom stereocenters. The lowest BCUT2D eigenvalue weighted by molar-refractivity contribution is -0.136. The molecule has 1 amide bonds. The molecule has 6 heteroatoms. The van der Waals surface area contributed by atoms with Crippen molar-refractivity contribution in [2.75, 3.05) is 26.8 Å². The zero-order chi connectivity index (χ0) is 15.2. The third-order valence-electron chi connectivity index (χ3n) is 3.69. The van der Waals surface area contributed by atoms with Crippen LogP contribution in [0.15, 0.2) is 18.2 Å². The number of benzene rings is 1. The van der Waals surface area contributed by atoms with Crippen LogP contribution < -0.4 is 5.32 Å². The molecule has 1 saturated heterocycles. The van der Waals surface area contributed by atoms with Gasteiger partial charge in [0.2, 0.25) is 5.91 Å². The third-order valence-corrected chi connectivity index (χ3v) is 4.43. The molecule has 4 nitrogen and oxygen atoms in total. The van der Waals surface area contributed by atoms with Gasteiger partial charge in [0.1, 0.15) is 6.61 Å². The Balaban J connectivity index is 1.76. The van der Waals surface area contributed by atoms with Crippen LogP contribution in [0, 0.1) is 0 Å². The van der Waals surface area contributed by atoms with E-state index in [9.17, 15) is 4.79 Å². The molecule has 116 valence electrons. The summed E-state index contributed by atoms with van der Waals surface area (Å²) in [7, 11) is 1.55. The Labute approximate surface area is 135 Å². The van der Waals surface area contributed by atoms with Gasteiger partial charge in [-0.05, 0) is 30.5 Å². The second-order valence-electron chi connectivity index (χ2n) is 5.22. The Kier molecular flexibility index (Phi) is 6.30. The maximum Gasteiger partial charge on any atom is 0.248 e. The first-order valence-electron chi connectivity index (χ1n) is 7.04. The number of hydrogen-bond donors (Lipinski definition) is 1. The Bertz CT molecular complexity index is 489. The topological polar surface area (TPSA) is 41.6 Å². The van der Waals surface area contributed by atoms with E-state index in [1.807, 2.05) is 23.1 Å².